The number of ether oxygens (including phenoxy) is 1. The van der Waals surface area contributed by atoms with Crippen molar-refractivity contribution in [3.05, 3.63) is 51.9 Å². The molecule has 0 N–H and O–H groups in total. The van der Waals surface area contributed by atoms with Crippen molar-refractivity contribution in [1.82, 2.24) is 4.90 Å². The van der Waals surface area contributed by atoms with Crippen LogP contribution >= 0.6 is 0 Å². The maximum atomic E-state index is 13.0. The Labute approximate surface area is 234 Å². The molecule has 0 saturated carbocycles. The molecule has 7 heteroatoms. The quantitative estimate of drug-likeness (QED) is 0.133. The number of rotatable bonds is 16. The van der Waals surface area contributed by atoms with E-state index in [2.05, 4.69) is 52.8 Å². The van der Waals surface area contributed by atoms with E-state index >= 15 is 0 Å². The minimum absolute atomic E-state index is 0. The summed E-state index contributed by atoms with van der Waals surface area (Å²) in [6, 6.07) is 7.15. The lowest BCUT2D eigenvalue weighted by atomic mass is 10.1. The van der Waals surface area contributed by atoms with Crippen LogP contribution in [0.15, 0.2) is 45.1 Å². The fourth-order valence-electron chi connectivity index (χ4n) is 4.24. The van der Waals surface area contributed by atoms with Gasteiger partial charge in [-0.3, -0.25) is 4.79 Å². The number of quaternary nitrogens is 1. The summed E-state index contributed by atoms with van der Waals surface area (Å²) in [6.07, 6.45) is 8.97. The topological polar surface area (TPSA) is 59.8 Å². The summed E-state index contributed by atoms with van der Waals surface area (Å²) >= 11 is 0. The molecule has 0 aliphatic heterocycles. The number of nitrogens with zero attached hydrogens (tertiary/aromatic N) is 2. The van der Waals surface area contributed by atoms with Crippen molar-refractivity contribution in [3.8, 4) is 5.75 Å². The Kier molecular flexibility index (Phi) is 14.8. The zero-order valence-corrected chi connectivity index (χ0v) is 25.4. The van der Waals surface area contributed by atoms with Gasteiger partial charge in [0.25, 0.3) is 5.91 Å². The number of amides is 1. The van der Waals surface area contributed by atoms with Crippen molar-refractivity contribution in [1.29, 1.82) is 0 Å². The second kappa shape index (κ2) is 16.7. The van der Waals surface area contributed by atoms with E-state index in [4.69, 9.17) is 9.15 Å². The van der Waals surface area contributed by atoms with Gasteiger partial charge in [0.05, 0.1) is 27.2 Å². The molecule has 0 radical (unpaired) electrons. The number of halogens is 1. The number of benzene rings is 1. The smallest absolute Gasteiger partial charge is 0.336 e. The molecule has 0 aliphatic carbocycles. The molecule has 1 aromatic carbocycles. The SMILES string of the molecule is CCCCN(CCCC)C(=O)C[N+](C)(C)CCCCOc1ccc2ccc(=O)oc2c1CC=C(C)C.[Br-]. The summed E-state index contributed by atoms with van der Waals surface area (Å²) in [7, 11) is 4.28. The third-order valence-corrected chi connectivity index (χ3v) is 6.46. The van der Waals surface area contributed by atoms with Crippen molar-refractivity contribution in [2.45, 2.75) is 72.6 Å². The number of carbonyl (C=O) groups is 1. The molecule has 0 spiro atoms. The number of allylic oxidation sites excluding steroid dienone is 2. The van der Waals surface area contributed by atoms with Crippen LogP contribution < -0.4 is 27.3 Å². The maximum Gasteiger partial charge on any atom is 0.336 e. The average molecular weight is 580 g/mol. The summed E-state index contributed by atoms with van der Waals surface area (Å²) in [5.74, 6) is 1.03. The lowest BCUT2D eigenvalue weighted by Gasteiger charge is -2.32. The van der Waals surface area contributed by atoms with E-state index in [9.17, 15) is 9.59 Å². The van der Waals surface area contributed by atoms with Crippen LogP contribution in [0.1, 0.15) is 71.8 Å². The van der Waals surface area contributed by atoms with Gasteiger partial charge >= 0.3 is 5.63 Å². The summed E-state index contributed by atoms with van der Waals surface area (Å²) in [4.78, 5) is 26.9. The number of unbranched alkanes of at least 4 members (excludes halogenated alkanes) is 3. The fraction of sp³-hybridized carbons (Fsp3) is 0.600. The first kappa shape index (κ1) is 32.9. The zero-order chi connectivity index (χ0) is 26.6. The third kappa shape index (κ3) is 11.4. The van der Waals surface area contributed by atoms with E-state index in [0.29, 0.717) is 29.6 Å². The van der Waals surface area contributed by atoms with Crippen LogP contribution in [0.4, 0.5) is 0 Å². The highest BCUT2D eigenvalue weighted by atomic mass is 79.9. The molecule has 0 unspecified atom stereocenters. The van der Waals surface area contributed by atoms with Crippen LogP contribution in [0.3, 0.4) is 0 Å². The molecule has 1 aromatic heterocycles. The van der Waals surface area contributed by atoms with Gasteiger partial charge < -0.3 is 35.5 Å². The van der Waals surface area contributed by atoms with E-state index in [1.807, 2.05) is 12.1 Å². The van der Waals surface area contributed by atoms with Gasteiger partial charge in [0.1, 0.15) is 11.3 Å². The molecule has 37 heavy (non-hydrogen) atoms. The van der Waals surface area contributed by atoms with Gasteiger partial charge in [-0.15, -0.1) is 0 Å². The molecule has 0 fully saturated rings. The monoisotopic (exact) mass is 578 g/mol. The summed E-state index contributed by atoms with van der Waals surface area (Å²) in [5.41, 5.74) is 2.36. The molecule has 6 nitrogen and oxygen atoms in total. The zero-order valence-electron chi connectivity index (χ0n) is 23.8. The Morgan fingerprint density at radius 2 is 1.65 bits per heavy atom. The van der Waals surface area contributed by atoms with Crippen LogP contribution in [0.5, 0.6) is 5.75 Å². The van der Waals surface area contributed by atoms with Gasteiger partial charge in [-0.2, -0.15) is 0 Å². The predicted octanol–water partition coefficient (Wildman–Crippen LogP) is 2.97. The molecule has 0 aliphatic rings. The Hall–Kier alpha value is -2.12. The molecule has 1 amide bonds. The van der Waals surface area contributed by atoms with E-state index in [0.717, 1.165) is 74.9 Å². The van der Waals surface area contributed by atoms with E-state index in [1.165, 1.54) is 11.6 Å². The summed E-state index contributed by atoms with van der Waals surface area (Å²) in [5, 5.41) is 0.898. The predicted molar refractivity (Wildman–Crippen MR) is 149 cm³/mol. The van der Waals surface area contributed by atoms with Gasteiger partial charge in [-0.25, -0.2) is 4.79 Å². The lowest BCUT2D eigenvalue weighted by Crippen LogP contribution is -3.00. The number of carbonyl (C=O) groups excluding carboxylic acids is 1. The Balaban J connectivity index is 0.00000684. The number of hydrogen-bond acceptors (Lipinski definition) is 4. The summed E-state index contributed by atoms with van der Waals surface area (Å²) in [6.45, 7) is 12.2. The lowest BCUT2D eigenvalue weighted by molar-refractivity contribution is -0.883. The number of likely N-dealkylation sites (N-methyl/N-ethyl adjacent to an activating group) is 1. The second-order valence-electron chi connectivity index (χ2n) is 10.7. The van der Waals surface area contributed by atoms with E-state index in [-0.39, 0.29) is 28.5 Å². The highest BCUT2D eigenvalue weighted by molar-refractivity contribution is 5.82. The highest BCUT2D eigenvalue weighted by Gasteiger charge is 2.23. The minimum Gasteiger partial charge on any atom is -1.00 e. The van der Waals surface area contributed by atoms with Crippen LogP contribution in [0.25, 0.3) is 11.0 Å². The van der Waals surface area contributed by atoms with Crippen molar-refractivity contribution in [3.63, 3.8) is 0 Å². The third-order valence-electron chi connectivity index (χ3n) is 6.46. The van der Waals surface area contributed by atoms with E-state index < -0.39 is 0 Å². The Morgan fingerprint density at radius 1 is 1.00 bits per heavy atom. The van der Waals surface area contributed by atoms with Crippen LogP contribution in [-0.4, -0.2) is 62.2 Å². The molecule has 2 aromatic rings. The first-order chi connectivity index (χ1) is 17.2. The molecule has 1 heterocycles. The van der Waals surface area contributed by atoms with Gasteiger partial charge in [0, 0.05) is 30.1 Å². The van der Waals surface area contributed by atoms with Gasteiger partial charge in [0.2, 0.25) is 0 Å². The van der Waals surface area contributed by atoms with Gasteiger partial charge in [0.15, 0.2) is 6.54 Å². The molecule has 2 rings (SSSR count). The van der Waals surface area contributed by atoms with Crippen LogP contribution in [0.2, 0.25) is 0 Å². The van der Waals surface area contributed by atoms with E-state index in [1.54, 1.807) is 6.07 Å². The van der Waals surface area contributed by atoms with Crippen molar-refractivity contribution in [2.75, 3.05) is 46.9 Å². The Bertz CT molecular complexity index is 1050. The first-order valence-electron chi connectivity index (χ1n) is 13.6. The first-order valence-corrected chi connectivity index (χ1v) is 13.6. The molecule has 0 atom stereocenters. The summed E-state index contributed by atoms with van der Waals surface area (Å²) < 4.78 is 12.4. The molecular formula is C30H47BrN2O4. The van der Waals surface area contributed by atoms with Crippen LogP contribution in [-0.2, 0) is 11.2 Å². The fourth-order valence-corrected chi connectivity index (χ4v) is 4.24. The number of hydrogen-bond donors (Lipinski definition) is 0. The normalized spacial score (nSPS) is 11.2. The highest BCUT2D eigenvalue weighted by Crippen LogP contribution is 2.28. The standard InChI is InChI=1S/C30H47N2O4.BrH/c1-7-9-19-31(20-10-8-2)28(33)23-32(5,6)21-11-12-22-35-27-17-14-25-15-18-29(34)36-30(25)26(27)16-13-24(3)4;/h13-15,17-18H,7-12,16,19-23H2,1-6H3;1H/q+1;/p-1. The molecule has 208 valence electrons. The molecule has 0 bridgehead atoms. The van der Waals surface area contributed by atoms with Crippen LogP contribution in [0, 0.1) is 0 Å². The van der Waals surface area contributed by atoms with Crippen molar-refractivity contribution in [2.24, 2.45) is 0 Å². The average Bonchev–Trinajstić information content (AvgIpc) is 2.82. The number of fused-ring (bicyclic) bond motifs is 1. The second-order valence-corrected chi connectivity index (χ2v) is 10.7. The molecule has 0 saturated heterocycles. The maximum absolute atomic E-state index is 13.0. The van der Waals surface area contributed by atoms with Crippen molar-refractivity contribution < 1.29 is 35.4 Å². The van der Waals surface area contributed by atoms with Gasteiger partial charge in [-0.05, 0) is 64.2 Å². The van der Waals surface area contributed by atoms with Crippen molar-refractivity contribution >= 4 is 16.9 Å². The van der Waals surface area contributed by atoms with Gasteiger partial charge in [-0.1, -0.05) is 38.3 Å². The Morgan fingerprint density at radius 3 is 2.27 bits per heavy atom. The molecular weight excluding hydrogens is 532 g/mol. The minimum atomic E-state index is -0.351. The largest absolute Gasteiger partial charge is 1.00 e.